The molecule has 0 bridgehead atoms. The second kappa shape index (κ2) is 9.19. The molecular weight excluding hydrogens is 394 g/mol. The maximum Gasteiger partial charge on any atom is 0.0784 e. The van der Waals surface area contributed by atoms with Crippen LogP contribution in [-0.2, 0) is 12.0 Å². The Labute approximate surface area is 190 Å². The van der Waals surface area contributed by atoms with E-state index in [9.17, 15) is 5.11 Å². The van der Waals surface area contributed by atoms with Crippen molar-refractivity contribution in [1.82, 2.24) is 4.98 Å². The van der Waals surface area contributed by atoms with Gasteiger partial charge in [-0.3, -0.25) is 4.98 Å². The first-order valence-electron chi connectivity index (χ1n) is 11.2. The van der Waals surface area contributed by atoms with Crippen molar-refractivity contribution >= 4 is 11.3 Å². The Balaban J connectivity index is 1.87. The van der Waals surface area contributed by atoms with Crippen LogP contribution in [0.2, 0.25) is 0 Å². The van der Waals surface area contributed by atoms with Gasteiger partial charge in [0.25, 0.3) is 0 Å². The van der Waals surface area contributed by atoms with Gasteiger partial charge in [-0.15, -0.1) is 0 Å². The topological polar surface area (TPSA) is 83.0 Å². The summed E-state index contributed by atoms with van der Waals surface area (Å²) in [6, 6.07) is 20.8. The molecule has 4 N–H and O–H groups in total. The van der Waals surface area contributed by atoms with Gasteiger partial charge in [0.1, 0.15) is 0 Å². The molecule has 0 aliphatic heterocycles. The highest BCUT2D eigenvalue weighted by molar-refractivity contribution is 5.87. The fourth-order valence-electron chi connectivity index (χ4n) is 4.38. The van der Waals surface area contributed by atoms with E-state index in [0.29, 0.717) is 18.6 Å². The Bertz CT molecular complexity index is 1130. The number of pyridine rings is 1. The van der Waals surface area contributed by atoms with Crippen LogP contribution in [0.3, 0.4) is 0 Å². The summed E-state index contributed by atoms with van der Waals surface area (Å²) >= 11 is 0. The molecule has 164 valence electrons. The van der Waals surface area contributed by atoms with E-state index in [1.807, 2.05) is 18.2 Å². The van der Waals surface area contributed by atoms with Gasteiger partial charge in [0.15, 0.2) is 0 Å². The Morgan fingerprint density at radius 1 is 1.09 bits per heavy atom. The summed E-state index contributed by atoms with van der Waals surface area (Å²) in [6.07, 6.45) is 4.18. The largest absolute Gasteiger partial charge is 0.396 e. The van der Waals surface area contributed by atoms with Crippen molar-refractivity contribution in [3.8, 4) is 22.4 Å². The molecule has 4 rings (SSSR count). The van der Waals surface area contributed by atoms with E-state index in [4.69, 9.17) is 16.1 Å². The van der Waals surface area contributed by atoms with Crippen LogP contribution in [0.4, 0.5) is 0 Å². The minimum Gasteiger partial charge on any atom is -0.396 e. The summed E-state index contributed by atoms with van der Waals surface area (Å²) in [7, 11) is 0. The predicted molar refractivity (Wildman–Crippen MR) is 133 cm³/mol. The highest BCUT2D eigenvalue weighted by atomic mass is 16.2. The summed E-state index contributed by atoms with van der Waals surface area (Å²) in [6.45, 7) is 6.02. The monoisotopic (exact) mass is 425 g/mol. The number of aliphatic hydroxyl groups excluding tert-OH is 1. The first-order valence-corrected chi connectivity index (χ1v) is 11.2. The van der Waals surface area contributed by atoms with Crippen LogP contribution in [0.1, 0.15) is 49.4 Å². The summed E-state index contributed by atoms with van der Waals surface area (Å²) in [5.41, 5.74) is 14.6. The van der Waals surface area contributed by atoms with Gasteiger partial charge in [0.2, 0.25) is 0 Å². The molecule has 1 saturated carbocycles. The lowest BCUT2D eigenvalue weighted by atomic mass is 9.72. The molecule has 0 unspecified atom stereocenters. The van der Waals surface area contributed by atoms with Crippen molar-refractivity contribution in [1.29, 1.82) is 5.41 Å². The van der Waals surface area contributed by atoms with Gasteiger partial charge >= 0.3 is 0 Å². The number of nitrogens with two attached hydrogens (primary N) is 1. The van der Waals surface area contributed by atoms with Crippen LogP contribution in [0, 0.1) is 5.41 Å². The smallest absolute Gasteiger partial charge is 0.0784 e. The fourth-order valence-corrected chi connectivity index (χ4v) is 4.38. The molecule has 1 heterocycles. The van der Waals surface area contributed by atoms with Crippen LogP contribution in [-0.4, -0.2) is 22.4 Å². The van der Waals surface area contributed by atoms with Gasteiger partial charge in [-0.1, -0.05) is 61.2 Å². The second-order valence-corrected chi connectivity index (χ2v) is 8.87. The summed E-state index contributed by atoms with van der Waals surface area (Å²) < 4.78 is 0. The quantitative estimate of drug-likeness (QED) is 0.403. The third-order valence-electron chi connectivity index (χ3n) is 6.39. The first kappa shape index (κ1) is 22.1. The third kappa shape index (κ3) is 4.43. The Morgan fingerprint density at radius 2 is 1.78 bits per heavy atom. The number of nitrogens with one attached hydrogen (secondary N) is 1. The van der Waals surface area contributed by atoms with Crippen LogP contribution < -0.4 is 5.73 Å². The van der Waals surface area contributed by atoms with Crippen molar-refractivity contribution in [2.75, 3.05) is 6.61 Å². The summed E-state index contributed by atoms with van der Waals surface area (Å²) in [5.74, 6) is 0. The molecule has 1 aliphatic rings. The van der Waals surface area contributed by atoms with Gasteiger partial charge < -0.3 is 16.2 Å². The fraction of sp³-hybridized carbons (Fsp3) is 0.286. The number of rotatable bonds is 8. The van der Waals surface area contributed by atoms with Crippen LogP contribution in [0.25, 0.3) is 28.0 Å². The average molecular weight is 426 g/mol. The van der Waals surface area contributed by atoms with E-state index < -0.39 is 0 Å². The molecule has 32 heavy (non-hydrogen) atoms. The number of nitrogens with zero attached hydrogens (tertiary/aromatic N) is 1. The highest BCUT2D eigenvalue weighted by Crippen LogP contribution is 2.40. The molecule has 0 saturated heterocycles. The molecule has 3 aromatic rings. The maximum atomic E-state index is 9.47. The minimum atomic E-state index is -0.192. The SMILES string of the molecule is C=C(CCO)c1cc(-c2ccccc2)c(-c2ccc(C3(N)CCC3)cc2)nc1CC(C)=N. The zero-order valence-electron chi connectivity index (χ0n) is 18.7. The molecule has 4 nitrogen and oxygen atoms in total. The normalized spacial score (nSPS) is 14.6. The molecule has 4 heteroatoms. The van der Waals surface area contributed by atoms with E-state index in [1.54, 1.807) is 6.92 Å². The van der Waals surface area contributed by atoms with Gasteiger partial charge in [0.05, 0.1) is 11.4 Å². The van der Waals surface area contributed by atoms with E-state index in [-0.39, 0.29) is 12.1 Å². The number of hydrogen-bond acceptors (Lipinski definition) is 4. The first-order chi connectivity index (χ1) is 15.4. The van der Waals surface area contributed by atoms with E-state index in [2.05, 4.69) is 49.0 Å². The summed E-state index contributed by atoms with van der Waals surface area (Å²) in [5, 5.41) is 17.5. The summed E-state index contributed by atoms with van der Waals surface area (Å²) in [4.78, 5) is 5.07. The molecule has 0 radical (unpaired) electrons. The average Bonchev–Trinajstić information content (AvgIpc) is 2.77. The number of aliphatic hydroxyl groups is 1. The van der Waals surface area contributed by atoms with E-state index in [0.717, 1.165) is 52.1 Å². The minimum absolute atomic E-state index is 0.0343. The molecule has 0 amide bonds. The molecule has 1 aliphatic carbocycles. The van der Waals surface area contributed by atoms with Crippen LogP contribution in [0.15, 0.2) is 67.2 Å². The maximum absolute atomic E-state index is 9.47. The van der Waals surface area contributed by atoms with Crippen molar-refractivity contribution in [2.24, 2.45) is 5.73 Å². The van der Waals surface area contributed by atoms with E-state index >= 15 is 0 Å². The van der Waals surface area contributed by atoms with Crippen molar-refractivity contribution in [3.63, 3.8) is 0 Å². The highest BCUT2D eigenvalue weighted by Gasteiger charge is 2.34. The Morgan fingerprint density at radius 3 is 2.34 bits per heavy atom. The van der Waals surface area contributed by atoms with E-state index in [1.165, 1.54) is 12.0 Å². The predicted octanol–water partition coefficient (Wildman–Crippen LogP) is 5.73. The van der Waals surface area contributed by atoms with Crippen LogP contribution >= 0.6 is 0 Å². The zero-order valence-corrected chi connectivity index (χ0v) is 18.7. The second-order valence-electron chi connectivity index (χ2n) is 8.87. The Hall–Kier alpha value is -3.08. The zero-order chi connectivity index (χ0) is 22.7. The standard InChI is InChI=1S/C28H31N3O/c1-19(13-16-32)24-18-25(21-7-4-3-5-8-21)27(31-26(24)17-20(2)29)22-9-11-23(12-10-22)28(30)14-6-15-28/h3-5,7-12,18,29,32H,1,6,13-17,30H2,2H3. The molecule has 2 aromatic carbocycles. The lowest BCUT2D eigenvalue weighted by Gasteiger charge is -2.38. The third-order valence-corrected chi connectivity index (χ3v) is 6.39. The lowest BCUT2D eigenvalue weighted by molar-refractivity contribution is 0.253. The van der Waals surface area contributed by atoms with Gasteiger partial charge in [-0.05, 0) is 60.9 Å². The number of benzene rings is 2. The van der Waals surface area contributed by atoms with Crippen molar-refractivity contribution in [2.45, 2.75) is 44.6 Å². The molecule has 0 spiro atoms. The molecule has 0 atom stereocenters. The molecule has 1 aromatic heterocycles. The molecule has 1 fully saturated rings. The molecular formula is C28H31N3O. The van der Waals surface area contributed by atoms with Crippen LogP contribution in [0.5, 0.6) is 0 Å². The Kier molecular flexibility index (Phi) is 6.35. The van der Waals surface area contributed by atoms with Gasteiger partial charge in [-0.2, -0.15) is 0 Å². The van der Waals surface area contributed by atoms with Crippen molar-refractivity contribution in [3.05, 3.63) is 84.1 Å². The van der Waals surface area contributed by atoms with Gasteiger partial charge in [0, 0.05) is 35.4 Å². The lowest BCUT2D eigenvalue weighted by Crippen LogP contribution is -2.43. The number of aromatic nitrogens is 1. The van der Waals surface area contributed by atoms with Gasteiger partial charge in [-0.25, -0.2) is 0 Å². The van der Waals surface area contributed by atoms with Crippen molar-refractivity contribution < 1.29 is 5.11 Å². The number of hydrogen-bond donors (Lipinski definition) is 3.